The van der Waals surface area contributed by atoms with Gasteiger partial charge in [-0.1, -0.05) is 23.7 Å². The van der Waals surface area contributed by atoms with E-state index >= 15 is 4.39 Å². The molecule has 1 saturated heterocycles. The first kappa shape index (κ1) is 24.9. The Morgan fingerprint density at radius 3 is 2.57 bits per heavy atom. The van der Waals surface area contributed by atoms with Gasteiger partial charge in [-0.2, -0.15) is 5.10 Å². The molecule has 0 aromatic rings. The number of ether oxygens (including phenoxy) is 2. The van der Waals surface area contributed by atoms with Crippen molar-refractivity contribution < 1.29 is 29.3 Å². The summed E-state index contributed by atoms with van der Waals surface area (Å²) in [6, 6.07) is 0. The Morgan fingerprint density at radius 2 is 1.94 bits per heavy atom. The molecule has 0 bridgehead atoms. The summed E-state index contributed by atoms with van der Waals surface area (Å²) >= 11 is 0. The summed E-state index contributed by atoms with van der Waals surface area (Å²) in [4.78, 5) is 0. The normalized spacial score (nSPS) is 49.2. The number of fused-ring (bicyclic) bond motifs is 7. The number of aliphatic hydroxyl groups excluding tert-OH is 2. The number of hydrogen-bond acceptors (Lipinski definition) is 8. The maximum Gasteiger partial charge on any atom is 0.164 e. The number of nitrogens with zero attached hydrogens (tertiary/aromatic N) is 3. The van der Waals surface area contributed by atoms with Crippen molar-refractivity contribution in [3.05, 3.63) is 23.8 Å². The lowest BCUT2D eigenvalue weighted by atomic mass is 9.44. The predicted molar refractivity (Wildman–Crippen MR) is 129 cm³/mol. The van der Waals surface area contributed by atoms with Gasteiger partial charge in [-0.05, 0) is 64.5 Å². The van der Waals surface area contributed by atoms with Gasteiger partial charge in [0.1, 0.15) is 11.3 Å². The van der Waals surface area contributed by atoms with E-state index in [4.69, 9.17) is 9.47 Å². The molecule has 0 unspecified atom stereocenters. The fourth-order valence-corrected chi connectivity index (χ4v) is 8.37. The summed E-state index contributed by atoms with van der Waals surface area (Å²) in [5.74, 6) is -1.51. The number of hydrogen-bond donors (Lipinski definition) is 3. The number of hydrazone groups is 1. The molecule has 4 aliphatic carbocycles. The van der Waals surface area contributed by atoms with Gasteiger partial charge in [0.2, 0.25) is 0 Å². The summed E-state index contributed by atoms with van der Waals surface area (Å²) in [6.45, 7) is 7.26. The SMILES string of the molecule is CN(C)/N=C(/CO)[C@@]12OC(C)(C)O[C@@H]1C[C@H]1[C@@H]3CCC4=C/C(=N/O)C=C[C@]4(C)[C@@]3(F)[C@@H](O)C[C@@]12C. The van der Waals surface area contributed by atoms with E-state index in [-0.39, 0.29) is 18.9 Å². The molecular formula is C26H38FN3O5. The fourth-order valence-electron chi connectivity index (χ4n) is 8.37. The number of rotatable bonds is 3. The van der Waals surface area contributed by atoms with Crippen LogP contribution >= 0.6 is 0 Å². The van der Waals surface area contributed by atoms with Crippen molar-refractivity contribution in [3.8, 4) is 0 Å². The molecule has 35 heavy (non-hydrogen) atoms. The van der Waals surface area contributed by atoms with Crippen LogP contribution in [0.5, 0.6) is 0 Å². The lowest BCUT2D eigenvalue weighted by Gasteiger charge is -2.63. The maximum atomic E-state index is 17.5. The molecule has 0 amide bonds. The van der Waals surface area contributed by atoms with E-state index in [1.54, 1.807) is 37.3 Å². The van der Waals surface area contributed by atoms with Crippen LogP contribution in [0.3, 0.4) is 0 Å². The highest BCUT2D eigenvalue weighted by atomic mass is 19.1. The Balaban J connectivity index is 1.64. The molecule has 0 spiro atoms. The first-order valence-electron chi connectivity index (χ1n) is 12.5. The van der Waals surface area contributed by atoms with Gasteiger partial charge < -0.3 is 29.9 Å². The highest BCUT2D eigenvalue weighted by Gasteiger charge is 2.79. The van der Waals surface area contributed by atoms with Gasteiger partial charge >= 0.3 is 0 Å². The molecule has 3 N–H and O–H groups in total. The van der Waals surface area contributed by atoms with Crippen LogP contribution in [0.25, 0.3) is 0 Å². The quantitative estimate of drug-likeness (QED) is 0.318. The van der Waals surface area contributed by atoms with Crippen molar-refractivity contribution in [1.29, 1.82) is 0 Å². The topological polar surface area (TPSA) is 107 Å². The van der Waals surface area contributed by atoms with E-state index in [1.165, 1.54) is 0 Å². The average molecular weight is 492 g/mol. The summed E-state index contributed by atoms with van der Waals surface area (Å²) < 4.78 is 30.6. The Kier molecular flexibility index (Phi) is 5.40. The maximum absolute atomic E-state index is 17.5. The van der Waals surface area contributed by atoms with E-state index in [1.807, 2.05) is 27.7 Å². The lowest BCUT2D eigenvalue weighted by molar-refractivity contribution is -0.236. The molecule has 0 aromatic heterocycles. The predicted octanol–water partition coefficient (Wildman–Crippen LogP) is 3.03. The van der Waals surface area contributed by atoms with Gasteiger partial charge in [0, 0.05) is 30.8 Å². The monoisotopic (exact) mass is 491 g/mol. The molecule has 5 rings (SSSR count). The first-order chi connectivity index (χ1) is 16.3. The van der Waals surface area contributed by atoms with Crippen LogP contribution in [0.4, 0.5) is 4.39 Å². The highest BCUT2D eigenvalue weighted by molar-refractivity contribution is 6.05. The van der Waals surface area contributed by atoms with Crippen molar-refractivity contribution in [2.75, 3.05) is 20.7 Å². The lowest BCUT2D eigenvalue weighted by Crippen LogP contribution is -2.70. The van der Waals surface area contributed by atoms with Crippen LogP contribution in [0.15, 0.2) is 34.1 Å². The summed E-state index contributed by atoms with van der Waals surface area (Å²) in [7, 11) is 3.57. The third kappa shape index (κ3) is 2.98. The van der Waals surface area contributed by atoms with Gasteiger partial charge in [0.05, 0.1) is 24.5 Å². The van der Waals surface area contributed by atoms with Crippen molar-refractivity contribution in [3.63, 3.8) is 0 Å². The second-order valence-electron chi connectivity index (χ2n) is 12.0. The molecule has 1 heterocycles. The largest absolute Gasteiger partial charge is 0.410 e. The van der Waals surface area contributed by atoms with E-state index in [2.05, 4.69) is 10.3 Å². The average Bonchev–Trinajstić information content (AvgIpc) is 3.18. The third-order valence-electron chi connectivity index (χ3n) is 9.66. The van der Waals surface area contributed by atoms with Crippen LogP contribution < -0.4 is 0 Å². The molecular weight excluding hydrogens is 453 g/mol. The second-order valence-corrected chi connectivity index (χ2v) is 12.0. The zero-order valence-corrected chi connectivity index (χ0v) is 21.5. The first-order valence-corrected chi connectivity index (χ1v) is 12.5. The van der Waals surface area contributed by atoms with Crippen LogP contribution in [0.1, 0.15) is 53.4 Å². The minimum absolute atomic E-state index is 0.144. The molecule has 8 atom stereocenters. The van der Waals surface area contributed by atoms with E-state index in [0.29, 0.717) is 30.7 Å². The van der Waals surface area contributed by atoms with Crippen molar-refractivity contribution in [1.82, 2.24) is 5.01 Å². The molecule has 194 valence electrons. The number of halogens is 1. The molecule has 3 saturated carbocycles. The van der Waals surface area contributed by atoms with Gasteiger partial charge in [-0.15, -0.1) is 0 Å². The Hall–Kier alpha value is -1.81. The van der Waals surface area contributed by atoms with Crippen molar-refractivity contribution >= 4 is 11.4 Å². The van der Waals surface area contributed by atoms with Crippen LogP contribution in [-0.2, 0) is 9.47 Å². The summed E-state index contributed by atoms with van der Waals surface area (Å²) in [5, 5.41) is 40.9. The van der Waals surface area contributed by atoms with Gasteiger partial charge in [-0.3, -0.25) is 0 Å². The van der Waals surface area contributed by atoms with Gasteiger partial charge in [-0.25, -0.2) is 4.39 Å². The standard InChI is InChI=1S/C26H38FN3O5/c1-22(2)34-21-12-18-17-8-7-15-11-16(29-33)9-10-23(15,3)25(17,27)20(32)13-24(18,4)26(21,35-22)19(14-31)28-30(5)6/h9-11,17-18,20-21,31-33H,7-8,12-14H2,1-6H3/b28-19-,29-16+/t17-,18-,20-,21+,23-,24-,25-,26+/m0/s1. The highest BCUT2D eigenvalue weighted by Crippen LogP contribution is 2.72. The van der Waals surface area contributed by atoms with E-state index in [0.717, 1.165) is 5.57 Å². The smallest absolute Gasteiger partial charge is 0.164 e. The van der Waals surface area contributed by atoms with Crippen LogP contribution in [0.2, 0.25) is 0 Å². The van der Waals surface area contributed by atoms with E-state index < -0.39 is 46.0 Å². The zero-order valence-electron chi connectivity index (χ0n) is 21.5. The van der Waals surface area contributed by atoms with Gasteiger partial charge in [0.25, 0.3) is 0 Å². The molecule has 8 nitrogen and oxygen atoms in total. The molecule has 0 radical (unpaired) electrons. The fraction of sp³-hybridized carbons (Fsp3) is 0.769. The minimum atomic E-state index is -1.91. The summed E-state index contributed by atoms with van der Waals surface area (Å²) in [6.07, 6.45) is 5.31. The second kappa shape index (κ2) is 7.60. The Morgan fingerprint density at radius 1 is 1.23 bits per heavy atom. The molecule has 0 aromatic carbocycles. The van der Waals surface area contributed by atoms with Crippen LogP contribution in [-0.4, -0.2) is 81.8 Å². The Labute approximate surface area is 206 Å². The third-order valence-corrected chi connectivity index (χ3v) is 9.66. The molecule has 9 heteroatoms. The number of allylic oxidation sites excluding steroid dienone is 4. The minimum Gasteiger partial charge on any atom is -0.410 e. The molecule has 5 aliphatic rings. The van der Waals surface area contributed by atoms with E-state index in [9.17, 15) is 15.4 Å². The number of oxime groups is 1. The summed E-state index contributed by atoms with van der Waals surface area (Å²) in [5.41, 5.74) is -3.05. The molecule has 4 fully saturated rings. The molecule has 1 aliphatic heterocycles. The van der Waals surface area contributed by atoms with Crippen molar-refractivity contribution in [2.45, 2.75) is 82.6 Å². The zero-order chi connectivity index (χ0) is 25.6. The van der Waals surface area contributed by atoms with Crippen molar-refractivity contribution in [2.24, 2.45) is 32.9 Å². The number of alkyl halides is 1. The Bertz CT molecular complexity index is 1040. The number of aliphatic hydroxyl groups is 2. The van der Waals surface area contributed by atoms with Crippen LogP contribution in [0, 0.1) is 22.7 Å². The van der Waals surface area contributed by atoms with Gasteiger partial charge in [0.15, 0.2) is 11.5 Å².